The van der Waals surface area contributed by atoms with Crippen LogP contribution in [-0.4, -0.2) is 27.2 Å². The minimum Gasteiger partial charge on any atom is -0.310 e. The van der Waals surface area contributed by atoms with Gasteiger partial charge in [0.2, 0.25) is 5.91 Å². The Morgan fingerprint density at radius 2 is 2.09 bits per heavy atom. The molecule has 0 radical (unpaired) electrons. The van der Waals surface area contributed by atoms with Crippen molar-refractivity contribution in [1.82, 2.24) is 14.8 Å². The van der Waals surface area contributed by atoms with Crippen molar-refractivity contribution in [1.29, 1.82) is 10.5 Å². The van der Waals surface area contributed by atoms with Crippen molar-refractivity contribution in [3.05, 3.63) is 41.5 Å². The smallest absolute Gasteiger partial charge is 0.252 e. The summed E-state index contributed by atoms with van der Waals surface area (Å²) in [4.78, 5) is 17.9. The van der Waals surface area contributed by atoms with Crippen LogP contribution in [0.3, 0.4) is 0 Å². The molecule has 0 atom stereocenters. The molecule has 23 heavy (non-hydrogen) atoms. The van der Waals surface area contributed by atoms with Gasteiger partial charge < -0.3 is 4.90 Å². The standard InChI is InChI=1S/C16H16N6O/c1-12-4-5-14(8-13(12)2)22(7-3-6-17)16(23)10-21-11-19-15(9-18)20-21/h4-5,8,11H,3,7,10H2,1-2H3. The SMILES string of the molecule is Cc1ccc(N(CCC#N)C(=O)Cn2cnc(C#N)n2)cc1C. The van der Waals surface area contributed by atoms with Crippen LogP contribution in [0.5, 0.6) is 0 Å². The molecule has 0 fully saturated rings. The molecule has 1 aromatic heterocycles. The maximum absolute atomic E-state index is 12.6. The molecule has 7 heteroatoms. The molecule has 0 aliphatic heterocycles. The second kappa shape index (κ2) is 7.19. The molecule has 2 aromatic rings. The molecular weight excluding hydrogens is 292 g/mol. The zero-order valence-corrected chi connectivity index (χ0v) is 13.0. The molecule has 1 aromatic carbocycles. The molecule has 0 aliphatic carbocycles. The number of aromatic nitrogens is 3. The number of amides is 1. The van der Waals surface area contributed by atoms with E-state index in [-0.39, 0.29) is 24.7 Å². The molecule has 1 heterocycles. The molecule has 0 spiro atoms. The fraction of sp³-hybridized carbons (Fsp3) is 0.312. The summed E-state index contributed by atoms with van der Waals surface area (Å²) < 4.78 is 1.32. The van der Waals surface area contributed by atoms with E-state index in [9.17, 15) is 4.79 Å². The summed E-state index contributed by atoms with van der Waals surface area (Å²) in [5, 5.41) is 21.4. The van der Waals surface area contributed by atoms with Crippen LogP contribution in [0.25, 0.3) is 0 Å². The van der Waals surface area contributed by atoms with E-state index in [1.54, 1.807) is 4.90 Å². The number of benzene rings is 1. The van der Waals surface area contributed by atoms with Crippen molar-refractivity contribution in [2.75, 3.05) is 11.4 Å². The molecule has 0 aliphatic rings. The number of aryl methyl sites for hydroxylation is 2. The van der Waals surface area contributed by atoms with Gasteiger partial charge in [-0.1, -0.05) is 6.07 Å². The van der Waals surface area contributed by atoms with Gasteiger partial charge in [0.15, 0.2) is 0 Å². The van der Waals surface area contributed by atoms with Crippen LogP contribution in [0.1, 0.15) is 23.4 Å². The highest BCUT2D eigenvalue weighted by Crippen LogP contribution is 2.19. The monoisotopic (exact) mass is 308 g/mol. The Kier molecular flexibility index (Phi) is 5.06. The van der Waals surface area contributed by atoms with Crippen LogP contribution >= 0.6 is 0 Å². The third-order valence-corrected chi connectivity index (χ3v) is 3.48. The first-order chi connectivity index (χ1) is 11.0. The summed E-state index contributed by atoms with van der Waals surface area (Å²) in [5.74, 6) is -0.189. The average molecular weight is 308 g/mol. The number of anilines is 1. The molecule has 1 amide bonds. The Morgan fingerprint density at radius 3 is 2.70 bits per heavy atom. The lowest BCUT2D eigenvalue weighted by molar-refractivity contribution is -0.119. The van der Waals surface area contributed by atoms with Crippen molar-refractivity contribution in [2.45, 2.75) is 26.8 Å². The average Bonchev–Trinajstić information content (AvgIpc) is 2.98. The normalized spacial score (nSPS) is 9.91. The number of carbonyl (C=O) groups excluding carboxylic acids is 1. The van der Waals surface area contributed by atoms with Gasteiger partial charge in [0.25, 0.3) is 5.82 Å². The Labute approximate surface area is 134 Å². The lowest BCUT2D eigenvalue weighted by Gasteiger charge is -2.22. The van der Waals surface area contributed by atoms with E-state index in [0.29, 0.717) is 6.54 Å². The Bertz CT molecular complexity index is 796. The molecule has 0 unspecified atom stereocenters. The third kappa shape index (κ3) is 3.92. The van der Waals surface area contributed by atoms with E-state index in [4.69, 9.17) is 10.5 Å². The van der Waals surface area contributed by atoms with Crippen molar-refractivity contribution >= 4 is 11.6 Å². The first-order valence-electron chi connectivity index (χ1n) is 7.09. The van der Waals surface area contributed by atoms with Gasteiger partial charge in [-0.25, -0.2) is 9.67 Å². The maximum atomic E-state index is 12.6. The van der Waals surface area contributed by atoms with Gasteiger partial charge in [-0.3, -0.25) is 4.79 Å². The van der Waals surface area contributed by atoms with Crippen LogP contribution in [0.2, 0.25) is 0 Å². The number of hydrogen-bond acceptors (Lipinski definition) is 5. The topological polar surface area (TPSA) is 98.6 Å². The maximum Gasteiger partial charge on any atom is 0.252 e. The Hall–Kier alpha value is -3.19. The lowest BCUT2D eigenvalue weighted by Crippen LogP contribution is -2.35. The fourth-order valence-electron chi connectivity index (χ4n) is 2.10. The summed E-state index contributed by atoms with van der Waals surface area (Å²) in [6, 6.07) is 9.60. The van der Waals surface area contributed by atoms with Crippen LogP contribution in [0.15, 0.2) is 24.5 Å². The Balaban J connectivity index is 2.23. The summed E-state index contributed by atoms with van der Waals surface area (Å²) in [7, 11) is 0. The largest absolute Gasteiger partial charge is 0.310 e. The van der Waals surface area contributed by atoms with Crippen molar-refractivity contribution in [3.63, 3.8) is 0 Å². The Morgan fingerprint density at radius 1 is 1.30 bits per heavy atom. The molecule has 0 saturated carbocycles. The van der Waals surface area contributed by atoms with E-state index in [0.717, 1.165) is 16.8 Å². The third-order valence-electron chi connectivity index (χ3n) is 3.48. The van der Waals surface area contributed by atoms with Gasteiger partial charge >= 0.3 is 0 Å². The predicted octanol–water partition coefficient (Wildman–Crippen LogP) is 1.71. The zero-order chi connectivity index (χ0) is 16.8. The molecule has 0 N–H and O–H groups in total. The quantitative estimate of drug-likeness (QED) is 0.837. The van der Waals surface area contributed by atoms with Gasteiger partial charge in [0.1, 0.15) is 18.9 Å². The summed E-state index contributed by atoms with van der Waals surface area (Å²) >= 11 is 0. The number of rotatable bonds is 5. The summed E-state index contributed by atoms with van der Waals surface area (Å²) in [6.45, 7) is 4.24. The fourth-order valence-corrected chi connectivity index (χ4v) is 2.10. The van der Waals surface area contributed by atoms with E-state index in [1.165, 1.54) is 11.0 Å². The predicted molar refractivity (Wildman–Crippen MR) is 83.2 cm³/mol. The van der Waals surface area contributed by atoms with Crippen LogP contribution in [-0.2, 0) is 11.3 Å². The molecule has 116 valence electrons. The minimum absolute atomic E-state index is 0.0209. The highest BCUT2D eigenvalue weighted by Gasteiger charge is 2.17. The van der Waals surface area contributed by atoms with Crippen molar-refractivity contribution < 1.29 is 4.79 Å². The van der Waals surface area contributed by atoms with Gasteiger partial charge in [0, 0.05) is 12.2 Å². The number of nitrogens with zero attached hydrogens (tertiary/aromatic N) is 6. The van der Waals surface area contributed by atoms with E-state index in [2.05, 4.69) is 16.2 Å². The molecular formula is C16H16N6O. The number of nitriles is 2. The first-order valence-corrected chi connectivity index (χ1v) is 7.09. The van der Waals surface area contributed by atoms with E-state index >= 15 is 0 Å². The highest BCUT2D eigenvalue weighted by atomic mass is 16.2. The summed E-state index contributed by atoms with van der Waals surface area (Å²) in [6.07, 6.45) is 1.58. The minimum atomic E-state index is -0.210. The van der Waals surface area contributed by atoms with Crippen LogP contribution in [0, 0.1) is 36.5 Å². The van der Waals surface area contributed by atoms with Gasteiger partial charge in [0.05, 0.1) is 12.5 Å². The van der Waals surface area contributed by atoms with Gasteiger partial charge in [-0.15, -0.1) is 5.10 Å². The van der Waals surface area contributed by atoms with Crippen molar-refractivity contribution in [2.24, 2.45) is 0 Å². The van der Waals surface area contributed by atoms with E-state index in [1.807, 2.05) is 38.1 Å². The molecule has 2 rings (SSSR count). The number of hydrogen-bond donors (Lipinski definition) is 0. The summed E-state index contributed by atoms with van der Waals surface area (Å²) in [5.41, 5.74) is 2.95. The molecule has 0 saturated heterocycles. The molecule has 0 bridgehead atoms. The zero-order valence-electron chi connectivity index (χ0n) is 13.0. The highest BCUT2D eigenvalue weighted by molar-refractivity contribution is 5.93. The van der Waals surface area contributed by atoms with Gasteiger partial charge in [-0.2, -0.15) is 10.5 Å². The second-order valence-corrected chi connectivity index (χ2v) is 5.10. The molecule has 7 nitrogen and oxygen atoms in total. The van der Waals surface area contributed by atoms with Crippen LogP contribution < -0.4 is 4.90 Å². The lowest BCUT2D eigenvalue weighted by atomic mass is 10.1. The van der Waals surface area contributed by atoms with Crippen molar-refractivity contribution in [3.8, 4) is 12.1 Å². The van der Waals surface area contributed by atoms with E-state index < -0.39 is 0 Å². The number of carbonyl (C=O) groups is 1. The second-order valence-electron chi connectivity index (χ2n) is 5.10. The van der Waals surface area contributed by atoms with Crippen LogP contribution in [0.4, 0.5) is 5.69 Å². The van der Waals surface area contributed by atoms with Gasteiger partial charge in [-0.05, 0) is 37.1 Å². The first kappa shape index (κ1) is 16.2.